The predicted octanol–water partition coefficient (Wildman–Crippen LogP) is -3.63. The molecule has 4 atom stereocenters. The summed E-state index contributed by atoms with van der Waals surface area (Å²) >= 11 is 0. The van der Waals surface area contributed by atoms with Gasteiger partial charge >= 0.3 is 7.82 Å². The van der Waals surface area contributed by atoms with Crippen molar-refractivity contribution in [1.29, 1.82) is 0 Å². The number of imidazole rings is 1. The van der Waals surface area contributed by atoms with Gasteiger partial charge in [-0.15, -0.1) is 0 Å². The minimum atomic E-state index is -4.64. The Bertz CT molecular complexity index is 592. The van der Waals surface area contributed by atoms with Crippen LogP contribution in [-0.2, 0) is 9.30 Å². The van der Waals surface area contributed by atoms with Crippen LogP contribution in [-0.4, -0.2) is 75.5 Å². The summed E-state index contributed by atoms with van der Waals surface area (Å²) in [4.78, 5) is 36.0. The molecular weight excluding hydrogens is 341 g/mol. The quantitative estimate of drug-likeness (QED) is 0.246. The topological polar surface area (TPSA) is 229 Å². The first-order chi connectivity index (χ1) is 10.5. The molecule has 2 rings (SSSR count). The number of amides is 1. The number of nitrogens with two attached hydrogens (primary N) is 1. The van der Waals surface area contributed by atoms with Gasteiger partial charge in [0.15, 0.2) is 11.9 Å². The number of aliphatic hydroxyl groups is 3. The molecule has 1 aliphatic rings. The summed E-state index contributed by atoms with van der Waals surface area (Å²) in [6.07, 6.45) is -3.76. The molecule has 14 heteroatoms. The van der Waals surface area contributed by atoms with Gasteiger partial charge in [0.05, 0.1) is 6.61 Å². The number of phosphoric acid groups is 1. The maximum absolute atomic E-state index is 10.9. The summed E-state index contributed by atoms with van der Waals surface area (Å²) in [5.74, 6) is -1.50. The molecule has 9 N–H and O–H groups in total. The average Bonchev–Trinajstić information content (AvgIpc) is 2.90. The molecule has 1 aromatic rings. The second-order valence-corrected chi connectivity index (χ2v) is 5.46. The number of primary amides is 1. The molecule has 0 aliphatic carbocycles. The number of aromatic hydroxyl groups is 1. The molecule has 1 amide bonds. The maximum atomic E-state index is 10.9. The molecule has 23 heavy (non-hydrogen) atoms. The van der Waals surface area contributed by atoms with E-state index in [0.29, 0.717) is 0 Å². The summed E-state index contributed by atoms with van der Waals surface area (Å²) in [5.41, 5.74) is 4.61. The fourth-order valence-electron chi connectivity index (χ4n) is 1.82. The van der Waals surface area contributed by atoms with Gasteiger partial charge in [-0.05, 0) is 0 Å². The molecule has 0 bridgehead atoms. The van der Waals surface area contributed by atoms with Gasteiger partial charge in [0.2, 0.25) is 5.88 Å². The van der Waals surface area contributed by atoms with E-state index in [1.807, 2.05) is 0 Å². The van der Waals surface area contributed by atoms with Crippen LogP contribution in [0.5, 0.6) is 5.88 Å². The van der Waals surface area contributed by atoms with Crippen molar-refractivity contribution in [2.45, 2.75) is 24.5 Å². The van der Waals surface area contributed by atoms with Crippen LogP contribution in [0.2, 0.25) is 0 Å². The van der Waals surface area contributed by atoms with Crippen LogP contribution in [0.4, 0.5) is 0 Å². The first-order valence-electron chi connectivity index (χ1n) is 5.93. The van der Waals surface area contributed by atoms with E-state index in [-0.39, 0.29) is 5.69 Å². The van der Waals surface area contributed by atoms with E-state index >= 15 is 0 Å². The monoisotopic (exact) mass is 357 g/mol. The summed E-state index contributed by atoms with van der Waals surface area (Å²) in [6.45, 7) is -0.493. The lowest BCUT2D eigenvalue weighted by Gasteiger charge is -2.16. The van der Waals surface area contributed by atoms with Gasteiger partial charge < -0.3 is 45.6 Å². The number of ether oxygens (including phenoxy) is 1. The Labute approximate surface area is 128 Å². The standard InChI is InChI=1S/C9H13N3O6.H3O4P/c10-7(16)4-8(17)12(2-11-4)9-6(15)5(14)3(1-13)18-9;1-5(2,3)4/h2-3,5-6,9,13-15,17H,1H2,(H2,10,16);(H3,1,2,3,4)/t3-,5-,6-,9-;/m1./s1. The number of hydrogen-bond acceptors (Lipinski definition) is 8. The Kier molecular flexibility index (Phi) is 6.21. The molecule has 132 valence electrons. The Morgan fingerprint density at radius 3 is 2.22 bits per heavy atom. The molecule has 0 unspecified atom stereocenters. The maximum Gasteiger partial charge on any atom is 0.466 e. The third-order valence-corrected chi connectivity index (χ3v) is 2.79. The van der Waals surface area contributed by atoms with Crippen LogP contribution >= 0.6 is 7.82 Å². The zero-order valence-corrected chi connectivity index (χ0v) is 12.3. The molecule has 1 fully saturated rings. The van der Waals surface area contributed by atoms with Crippen molar-refractivity contribution >= 4 is 13.7 Å². The smallest absolute Gasteiger partial charge is 0.466 e. The van der Waals surface area contributed by atoms with Crippen molar-refractivity contribution in [3.8, 4) is 5.88 Å². The van der Waals surface area contributed by atoms with E-state index in [1.165, 1.54) is 0 Å². The van der Waals surface area contributed by atoms with Crippen LogP contribution in [0, 0.1) is 0 Å². The van der Waals surface area contributed by atoms with Crippen molar-refractivity contribution < 1.29 is 49.2 Å². The highest BCUT2D eigenvalue weighted by molar-refractivity contribution is 7.45. The highest BCUT2D eigenvalue weighted by Crippen LogP contribution is 2.32. The fourth-order valence-corrected chi connectivity index (χ4v) is 1.82. The third-order valence-electron chi connectivity index (χ3n) is 2.79. The molecule has 2 heterocycles. The van der Waals surface area contributed by atoms with E-state index < -0.39 is 50.8 Å². The molecule has 0 saturated carbocycles. The fraction of sp³-hybridized carbons (Fsp3) is 0.556. The predicted molar refractivity (Wildman–Crippen MR) is 69.7 cm³/mol. The van der Waals surface area contributed by atoms with Gasteiger partial charge in [0.25, 0.3) is 5.91 Å². The largest absolute Gasteiger partial charge is 0.493 e. The van der Waals surface area contributed by atoms with E-state index in [2.05, 4.69) is 4.98 Å². The minimum absolute atomic E-state index is 0.368. The van der Waals surface area contributed by atoms with Crippen LogP contribution in [0.25, 0.3) is 0 Å². The van der Waals surface area contributed by atoms with Crippen molar-refractivity contribution in [1.82, 2.24) is 9.55 Å². The summed E-state index contributed by atoms with van der Waals surface area (Å²) in [5, 5.41) is 37.9. The lowest BCUT2D eigenvalue weighted by molar-refractivity contribution is -0.0553. The lowest BCUT2D eigenvalue weighted by Crippen LogP contribution is -2.33. The summed E-state index contributed by atoms with van der Waals surface area (Å²) in [6, 6.07) is 0. The number of hydrogen-bond donors (Lipinski definition) is 8. The molecule has 0 radical (unpaired) electrons. The SMILES string of the molecule is NC(=O)c1ncn([C@@H]2O[C@H](CO)[C@@H](O)[C@H]2O)c1O.O=P(O)(O)O. The number of carbonyl (C=O) groups is 1. The van der Waals surface area contributed by atoms with Crippen molar-refractivity contribution in [2.24, 2.45) is 5.73 Å². The van der Waals surface area contributed by atoms with E-state index in [0.717, 1.165) is 10.9 Å². The first-order valence-corrected chi connectivity index (χ1v) is 7.50. The first kappa shape index (κ1) is 19.5. The van der Waals surface area contributed by atoms with Crippen molar-refractivity contribution in [2.75, 3.05) is 6.61 Å². The Hall–Kier alpha value is -1.57. The normalized spacial score (nSPS) is 27.4. The van der Waals surface area contributed by atoms with Gasteiger partial charge in [-0.2, -0.15) is 0 Å². The number of rotatable bonds is 3. The second kappa shape index (κ2) is 7.33. The zero-order chi connectivity index (χ0) is 17.9. The van der Waals surface area contributed by atoms with Gasteiger partial charge in [0, 0.05) is 0 Å². The molecule has 0 aromatic carbocycles. The number of nitrogens with zero attached hydrogens (tertiary/aromatic N) is 2. The molecule has 1 aromatic heterocycles. The Morgan fingerprint density at radius 1 is 1.35 bits per heavy atom. The van der Waals surface area contributed by atoms with Gasteiger partial charge in [-0.3, -0.25) is 9.36 Å². The summed E-state index contributed by atoms with van der Waals surface area (Å²) < 4.78 is 15.0. The summed E-state index contributed by atoms with van der Waals surface area (Å²) in [7, 11) is -4.64. The van der Waals surface area contributed by atoms with Crippen LogP contribution in [0.15, 0.2) is 6.33 Å². The van der Waals surface area contributed by atoms with Crippen LogP contribution in [0.1, 0.15) is 16.7 Å². The molecule has 13 nitrogen and oxygen atoms in total. The van der Waals surface area contributed by atoms with E-state index in [4.69, 9.17) is 34.8 Å². The van der Waals surface area contributed by atoms with E-state index in [9.17, 15) is 20.1 Å². The number of aliphatic hydroxyl groups excluding tert-OH is 3. The number of carbonyl (C=O) groups excluding carboxylic acids is 1. The lowest BCUT2D eigenvalue weighted by atomic mass is 10.1. The number of aromatic nitrogens is 2. The van der Waals surface area contributed by atoms with Crippen LogP contribution in [0.3, 0.4) is 0 Å². The highest BCUT2D eigenvalue weighted by Gasteiger charge is 2.44. The average molecular weight is 357 g/mol. The van der Waals surface area contributed by atoms with E-state index in [1.54, 1.807) is 0 Å². The molecule has 1 aliphatic heterocycles. The molecular formula is C9H16N3O10P. The van der Waals surface area contributed by atoms with Crippen molar-refractivity contribution in [3.05, 3.63) is 12.0 Å². The van der Waals surface area contributed by atoms with Gasteiger partial charge in [-0.25, -0.2) is 9.55 Å². The van der Waals surface area contributed by atoms with Gasteiger partial charge in [-0.1, -0.05) is 0 Å². The second-order valence-electron chi connectivity index (χ2n) is 4.43. The highest BCUT2D eigenvalue weighted by atomic mass is 31.2. The van der Waals surface area contributed by atoms with Crippen LogP contribution < -0.4 is 5.73 Å². The zero-order valence-electron chi connectivity index (χ0n) is 11.4. The van der Waals surface area contributed by atoms with Crippen molar-refractivity contribution in [3.63, 3.8) is 0 Å². The van der Waals surface area contributed by atoms with Gasteiger partial charge in [0.1, 0.15) is 24.6 Å². The Balaban J connectivity index is 0.000000463. The Morgan fingerprint density at radius 2 is 1.87 bits per heavy atom. The third kappa shape index (κ3) is 4.95. The molecule has 1 saturated heterocycles. The molecule has 0 spiro atoms. The minimum Gasteiger partial charge on any atom is -0.493 e.